The molecule has 0 aromatic carbocycles. The van der Waals surface area contributed by atoms with Gasteiger partial charge in [0, 0.05) is 13.7 Å². The van der Waals surface area contributed by atoms with E-state index in [4.69, 9.17) is 0 Å². The monoisotopic (exact) mass is 311 g/mol. The topological polar surface area (TPSA) is 12.5 Å². The molecular formula is C11H16F7NO. The van der Waals surface area contributed by atoms with E-state index in [2.05, 4.69) is 4.74 Å². The summed E-state index contributed by atoms with van der Waals surface area (Å²) in [5.74, 6) is -14.3. The van der Waals surface area contributed by atoms with Crippen molar-refractivity contribution in [3.05, 3.63) is 11.9 Å². The van der Waals surface area contributed by atoms with Gasteiger partial charge in [0.25, 0.3) is 0 Å². The van der Waals surface area contributed by atoms with Gasteiger partial charge in [-0.25, -0.2) is 0 Å². The Kier molecular flexibility index (Phi) is 6.03. The van der Waals surface area contributed by atoms with Crippen LogP contribution in [0.15, 0.2) is 11.9 Å². The maximum atomic E-state index is 13.8. The highest BCUT2D eigenvalue weighted by atomic mass is 19.3. The van der Waals surface area contributed by atoms with E-state index in [0.717, 1.165) is 7.11 Å². The first kappa shape index (κ1) is 19.2. The van der Waals surface area contributed by atoms with Gasteiger partial charge in [-0.05, 0) is 27.4 Å². The molecule has 0 aliphatic carbocycles. The highest BCUT2D eigenvalue weighted by Crippen LogP contribution is 2.50. The fourth-order valence-electron chi connectivity index (χ4n) is 1.41. The van der Waals surface area contributed by atoms with E-state index in [1.165, 1.54) is 19.0 Å². The summed E-state index contributed by atoms with van der Waals surface area (Å²) < 4.78 is 95.1. The molecular weight excluding hydrogens is 295 g/mol. The molecule has 0 amide bonds. The first-order valence-corrected chi connectivity index (χ1v) is 5.50. The van der Waals surface area contributed by atoms with Gasteiger partial charge in [0.1, 0.15) is 5.60 Å². The standard InChI is InChI=1S/C11H16F7NO/c1-9(20-4,5-6-19(2)3)11(17,18)10(15,16)7(12)8(13)14/h5-6H2,1-4H3. The molecule has 120 valence electrons. The van der Waals surface area contributed by atoms with Crippen LogP contribution >= 0.6 is 0 Å². The van der Waals surface area contributed by atoms with Crippen molar-refractivity contribution < 1.29 is 35.5 Å². The lowest BCUT2D eigenvalue weighted by molar-refractivity contribution is -0.287. The molecule has 1 unspecified atom stereocenters. The average molecular weight is 311 g/mol. The van der Waals surface area contributed by atoms with Gasteiger partial charge < -0.3 is 9.64 Å². The Morgan fingerprint density at radius 1 is 1.05 bits per heavy atom. The normalized spacial score (nSPS) is 16.2. The van der Waals surface area contributed by atoms with Crippen LogP contribution in [0.4, 0.5) is 30.7 Å². The first-order valence-electron chi connectivity index (χ1n) is 5.50. The van der Waals surface area contributed by atoms with Gasteiger partial charge in [-0.1, -0.05) is 0 Å². The van der Waals surface area contributed by atoms with E-state index < -0.39 is 35.8 Å². The Hall–Kier alpha value is -0.830. The van der Waals surface area contributed by atoms with Crippen LogP contribution in [-0.4, -0.2) is 50.1 Å². The summed E-state index contributed by atoms with van der Waals surface area (Å²) in [6, 6.07) is 0. The predicted octanol–water partition coefficient (Wildman–Crippen LogP) is 3.69. The minimum atomic E-state index is -5.66. The molecule has 1 atom stereocenters. The number of hydrogen-bond donors (Lipinski definition) is 0. The number of ether oxygens (including phenoxy) is 1. The second kappa shape index (κ2) is 6.30. The maximum absolute atomic E-state index is 13.8. The Morgan fingerprint density at radius 2 is 1.50 bits per heavy atom. The van der Waals surface area contributed by atoms with Crippen molar-refractivity contribution in [2.45, 2.75) is 30.8 Å². The molecule has 2 nitrogen and oxygen atoms in total. The molecule has 0 spiro atoms. The third-order valence-corrected chi connectivity index (χ3v) is 2.99. The van der Waals surface area contributed by atoms with Crippen LogP contribution in [-0.2, 0) is 4.74 Å². The lowest BCUT2D eigenvalue weighted by atomic mass is 9.88. The zero-order valence-electron chi connectivity index (χ0n) is 11.4. The molecule has 0 N–H and O–H groups in total. The molecule has 0 aliphatic rings. The van der Waals surface area contributed by atoms with Crippen LogP contribution in [0.3, 0.4) is 0 Å². The number of nitrogens with zero attached hydrogens (tertiary/aromatic N) is 1. The fraction of sp³-hybridized carbons (Fsp3) is 0.818. The van der Waals surface area contributed by atoms with Crippen LogP contribution in [0.2, 0.25) is 0 Å². The Bertz CT molecular complexity index is 366. The summed E-state index contributed by atoms with van der Waals surface area (Å²) >= 11 is 0. The second-order valence-corrected chi connectivity index (χ2v) is 4.71. The molecule has 0 aromatic heterocycles. The van der Waals surface area contributed by atoms with Gasteiger partial charge in [0.05, 0.1) is 0 Å². The quantitative estimate of drug-likeness (QED) is 0.665. The van der Waals surface area contributed by atoms with Crippen LogP contribution < -0.4 is 0 Å². The highest BCUT2D eigenvalue weighted by molar-refractivity contribution is 5.16. The van der Waals surface area contributed by atoms with E-state index in [-0.39, 0.29) is 6.54 Å². The van der Waals surface area contributed by atoms with Crippen molar-refractivity contribution in [3.8, 4) is 0 Å². The van der Waals surface area contributed by atoms with E-state index in [0.29, 0.717) is 6.92 Å². The van der Waals surface area contributed by atoms with Crippen molar-refractivity contribution in [2.75, 3.05) is 27.7 Å². The third-order valence-electron chi connectivity index (χ3n) is 2.99. The number of rotatable bonds is 7. The lowest BCUT2D eigenvalue weighted by Crippen LogP contribution is -2.59. The molecule has 0 bridgehead atoms. The van der Waals surface area contributed by atoms with Gasteiger partial charge in [0.15, 0.2) is 0 Å². The summed E-state index contributed by atoms with van der Waals surface area (Å²) in [6.45, 7) is 0.535. The fourth-order valence-corrected chi connectivity index (χ4v) is 1.41. The number of methoxy groups -OCH3 is 1. The molecule has 0 radical (unpaired) electrons. The summed E-state index contributed by atoms with van der Waals surface area (Å²) in [6.07, 6.45) is -4.10. The summed E-state index contributed by atoms with van der Waals surface area (Å²) in [5.41, 5.74) is -2.81. The smallest absolute Gasteiger partial charge is 0.369 e. The SMILES string of the molecule is COC(C)(CCN(C)C)C(F)(F)C(F)(F)C(F)=C(F)F. The lowest BCUT2D eigenvalue weighted by Gasteiger charge is -2.40. The van der Waals surface area contributed by atoms with Crippen LogP contribution in [0.5, 0.6) is 0 Å². The summed E-state index contributed by atoms with van der Waals surface area (Å²) in [7, 11) is 3.72. The Labute approximate surface area is 112 Å². The molecule has 0 fully saturated rings. The second-order valence-electron chi connectivity index (χ2n) is 4.71. The van der Waals surface area contributed by atoms with E-state index in [1.807, 2.05) is 0 Å². The minimum absolute atomic E-state index is 0.0839. The molecule has 9 heteroatoms. The van der Waals surface area contributed by atoms with Crippen molar-refractivity contribution in [3.63, 3.8) is 0 Å². The van der Waals surface area contributed by atoms with Gasteiger partial charge in [-0.3, -0.25) is 0 Å². The average Bonchev–Trinajstić information content (AvgIpc) is 2.34. The van der Waals surface area contributed by atoms with E-state index in [1.54, 1.807) is 0 Å². The number of allylic oxidation sites excluding steroid dienone is 1. The molecule has 0 saturated carbocycles. The van der Waals surface area contributed by atoms with Crippen molar-refractivity contribution in [1.29, 1.82) is 0 Å². The zero-order valence-corrected chi connectivity index (χ0v) is 11.4. The van der Waals surface area contributed by atoms with Crippen molar-refractivity contribution in [1.82, 2.24) is 4.90 Å². The van der Waals surface area contributed by atoms with Crippen molar-refractivity contribution >= 4 is 0 Å². The van der Waals surface area contributed by atoms with Gasteiger partial charge in [0.2, 0.25) is 5.83 Å². The van der Waals surface area contributed by atoms with Gasteiger partial charge >= 0.3 is 17.9 Å². The molecule has 20 heavy (non-hydrogen) atoms. The van der Waals surface area contributed by atoms with Crippen LogP contribution in [0.1, 0.15) is 13.3 Å². The summed E-state index contributed by atoms with van der Waals surface area (Å²) in [4.78, 5) is 1.41. The van der Waals surface area contributed by atoms with Crippen LogP contribution in [0, 0.1) is 0 Å². The zero-order chi connectivity index (χ0) is 16.4. The minimum Gasteiger partial charge on any atom is -0.372 e. The van der Waals surface area contributed by atoms with Gasteiger partial charge in [-0.2, -0.15) is 30.7 Å². The Morgan fingerprint density at radius 3 is 1.80 bits per heavy atom. The predicted molar refractivity (Wildman–Crippen MR) is 58.8 cm³/mol. The van der Waals surface area contributed by atoms with Crippen LogP contribution in [0.25, 0.3) is 0 Å². The molecule has 0 aliphatic heterocycles. The van der Waals surface area contributed by atoms with E-state index in [9.17, 15) is 30.7 Å². The molecule has 0 heterocycles. The maximum Gasteiger partial charge on any atom is 0.369 e. The largest absolute Gasteiger partial charge is 0.372 e. The Balaban J connectivity index is 5.60. The highest BCUT2D eigenvalue weighted by Gasteiger charge is 2.70. The van der Waals surface area contributed by atoms with Crippen molar-refractivity contribution in [2.24, 2.45) is 0 Å². The number of halogens is 7. The van der Waals surface area contributed by atoms with E-state index >= 15 is 0 Å². The number of alkyl halides is 4. The molecule has 0 aromatic rings. The molecule has 0 saturated heterocycles. The first-order chi connectivity index (χ1) is 8.83. The third kappa shape index (κ3) is 3.43. The van der Waals surface area contributed by atoms with Gasteiger partial charge in [-0.15, -0.1) is 0 Å². The number of hydrogen-bond acceptors (Lipinski definition) is 2. The molecule has 0 rings (SSSR count). The summed E-state index contributed by atoms with van der Waals surface area (Å²) in [5, 5.41) is 0.